The molecular formula is C17H17N5O2. The quantitative estimate of drug-likeness (QED) is 0.745. The molecule has 1 unspecified atom stereocenters. The van der Waals surface area contributed by atoms with Crippen LogP contribution in [0.3, 0.4) is 0 Å². The van der Waals surface area contributed by atoms with Gasteiger partial charge in [0.05, 0.1) is 7.11 Å². The lowest BCUT2D eigenvalue weighted by atomic mass is 10.1. The highest BCUT2D eigenvalue weighted by Crippen LogP contribution is 2.17. The van der Waals surface area contributed by atoms with Crippen molar-refractivity contribution >= 4 is 5.91 Å². The number of aromatic nitrogens is 4. The molecule has 0 saturated carbocycles. The molecule has 7 nitrogen and oxygen atoms in total. The molecule has 0 fully saturated rings. The summed E-state index contributed by atoms with van der Waals surface area (Å²) in [5.74, 6) is 0.602. The molecule has 2 aromatic carbocycles. The first kappa shape index (κ1) is 15.7. The van der Waals surface area contributed by atoms with Crippen LogP contribution in [0.25, 0.3) is 0 Å². The van der Waals surface area contributed by atoms with Crippen molar-refractivity contribution in [3.05, 3.63) is 72.1 Å². The summed E-state index contributed by atoms with van der Waals surface area (Å²) in [4.78, 5) is 12.7. The van der Waals surface area contributed by atoms with Gasteiger partial charge < -0.3 is 10.1 Å². The van der Waals surface area contributed by atoms with Crippen molar-refractivity contribution < 1.29 is 9.53 Å². The predicted octanol–water partition coefficient (Wildman–Crippen LogP) is 1.59. The number of amides is 1. The Hall–Kier alpha value is -3.22. The molecule has 1 N–H and O–H groups in total. The number of carbonyl (C=O) groups is 1. The number of benzene rings is 2. The topological polar surface area (TPSA) is 81.9 Å². The van der Waals surface area contributed by atoms with Gasteiger partial charge in [0.15, 0.2) is 6.04 Å². The molecule has 1 amide bonds. The van der Waals surface area contributed by atoms with Crippen molar-refractivity contribution in [3.63, 3.8) is 0 Å². The van der Waals surface area contributed by atoms with Gasteiger partial charge in [0.2, 0.25) is 5.91 Å². The van der Waals surface area contributed by atoms with E-state index in [2.05, 4.69) is 20.8 Å². The van der Waals surface area contributed by atoms with Gasteiger partial charge in [-0.3, -0.25) is 4.79 Å². The summed E-state index contributed by atoms with van der Waals surface area (Å²) >= 11 is 0. The fourth-order valence-corrected chi connectivity index (χ4v) is 2.38. The third-order valence-corrected chi connectivity index (χ3v) is 3.62. The van der Waals surface area contributed by atoms with Crippen LogP contribution in [-0.4, -0.2) is 33.2 Å². The third-order valence-electron chi connectivity index (χ3n) is 3.62. The number of rotatable bonds is 6. The van der Waals surface area contributed by atoms with Crippen LogP contribution < -0.4 is 10.1 Å². The van der Waals surface area contributed by atoms with E-state index < -0.39 is 6.04 Å². The normalized spacial score (nSPS) is 11.7. The van der Waals surface area contributed by atoms with Crippen molar-refractivity contribution in [1.82, 2.24) is 25.5 Å². The van der Waals surface area contributed by atoms with E-state index in [1.165, 1.54) is 11.0 Å². The molecule has 0 saturated heterocycles. The molecule has 1 heterocycles. The summed E-state index contributed by atoms with van der Waals surface area (Å²) < 4.78 is 6.57. The summed E-state index contributed by atoms with van der Waals surface area (Å²) in [5, 5.41) is 14.1. The average molecular weight is 323 g/mol. The van der Waals surface area contributed by atoms with E-state index >= 15 is 0 Å². The highest BCUT2D eigenvalue weighted by atomic mass is 16.5. The van der Waals surface area contributed by atoms with Crippen molar-refractivity contribution in [2.45, 2.75) is 12.6 Å². The van der Waals surface area contributed by atoms with E-state index in [0.717, 1.165) is 16.9 Å². The predicted molar refractivity (Wildman–Crippen MR) is 87.2 cm³/mol. The zero-order valence-corrected chi connectivity index (χ0v) is 13.2. The van der Waals surface area contributed by atoms with Crippen LogP contribution in [0.15, 0.2) is 60.9 Å². The van der Waals surface area contributed by atoms with Crippen LogP contribution in [-0.2, 0) is 11.3 Å². The van der Waals surface area contributed by atoms with Crippen LogP contribution in [0.4, 0.5) is 0 Å². The van der Waals surface area contributed by atoms with Crippen molar-refractivity contribution in [2.75, 3.05) is 7.11 Å². The number of carbonyl (C=O) groups excluding carboxylic acids is 1. The van der Waals surface area contributed by atoms with Crippen LogP contribution in [0.5, 0.6) is 5.75 Å². The van der Waals surface area contributed by atoms with Gasteiger partial charge in [-0.1, -0.05) is 42.5 Å². The molecule has 0 radical (unpaired) electrons. The van der Waals surface area contributed by atoms with Crippen molar-refractivity contribution in [1.29, 1.82) is 0 Å². The van der Waals surface area contributed by atoms with Gasteiger partial charge in [-0.2, -0.15) is 0 Å². The average Bonchev–Trinajstić information content (AvgIpc) is 3.15. The first-order valence-electron chi connectivity index (χ1n) is 7.46. The largest absolute Gasteiger partial charge is 0.497 e. The first-order chi connectivity index (χ1) is 11.8. The Kier molecular flexibility index (Phi) is 4.81. The van der Waals surface area contributed by atoms with Gasteiger partial charge in [0, 0.05) is 6.54 Å². The molecule has 7 heteroatoms. The standard InChI is InChI=1S/C17H17N5O2/c1-24-15-9-7-13(8-10-15)11-18-17(23)16(22-12-19-20-21-22)14-5-3-2-4-6-14/h2-10,12,16H,11H2,1H3,(H,18,23). The number of nitrogens with one attached hydrogen (secondary N) is 1. The van der Waals surface area contributed by atoms with E-state index in [1.54, 1.807) is 7.11 Å². The molecular weight excluding hydrogens is 306 g/mol. The highest BCUT2D eigenvalue weighted by molar-refractivity contribution is 5.83. The number of nitrogens with zero attached hydrogens (tertiary/aromatic N) is 4. The van der Waals surface area contributed by atoms with Gasteiger partial charge in [-0.25, -0.2) is 4.68 Å². The van der Waals surface area contributed by atoms with E-state index in [4.69, 9.17) is 4.74 Å². The second kappa shape index (κ2) is 7.36. The lowest BCUT2D eigenvalue weighted by Gasteiger charge is -2.16. The van der Waals surface area contributed by atoms with Gasteiger partial charge in [-0.15, -0.1) is 5.10 Å². The van der Waals surface area contributed by atoms with Crippen LogP contribution >= 0.6 is 0 Å². The summed E-state index contributed by atoms with van der Waals surface area (Å²) in [5.41, 5.74) is 1.80. The van der Waals surface area contributed by atoms with Gasteiger partial charge in [0.25, 0.3) is 0 Å². The molecule has 1 aromatic heterocycles. The van der Waals surface area contributed by atoms with Crippen molar-refractivity contribution in [2.24, 2.45) is 0 Å². The number of hydrogen-bond acceptors (Lipinski definition) is 5. The zero-order valence-electron chi connectivity index (χ0n) is 13.2. The maximum absolute atomic E-state index is 12.7. The highest BCUT2D eigenvalue weighted by Gasteiger charge is 2.23. The summed E-state index contributed by atoms with van der Waals surface area (Å²) in [6.45, 7) is 0.411. The van der Waals surface area contributed by atoms with E-state index in [1.807, 2.05) is 54.6 Å². The number of hydrogen-bond donors (Lipinski definition) is 1. The lowest BCUT2D eigenvalue weighted by Crippen LogP contribution is -2.33. The minimum absolute atomic E-state index is 0.177. The second-order valence-corrected chi connectivity index (χ2v) is 5.17. The first-order valence-corrected chi connectivity index (χ1v) is 7.46. The third kappa shape index (κ3) is 3.57. The second-order valence-electron chi connectivity index (χ2n) is 5.17. The molecule has 122 valence electrons. The summed E-state index contributed by atoms with van der Waals surface area (Å²) in [7, 11) is 1.62. The van der Waals surface area contributed by atoms with Gasteiger partial charge in [0.1, 0.15) is 12.1 Å². The minimum Gasteiger partial charge on any atom is -0.497 e. The lowest BCUT2D eigenvalue weighted by molar-refractivity contribution is -0.123. The van der Waals surface area contributed by atoms with Gasteiger partial charge >= 0.3 is 0 Å². The fraction of sp³-hybridized carbons (Fsp3) is 0.176. The molecule has 0 spiro atoms. The molecule has 3 rings (SSSR count). The van der Waals surface area contributed by atoms with Crippen LogP contribution in [0.2, 0.25) is 0 Å². The maximum atomic E-state index is 12.7. The number of tetrazole rings is 1. The Labute approximate surface area is 139 Å². The minimum atomic E-state index is -0.612. The molecule has 3 aromatic rings. The Morgan fingerprint density at radius 2 is 1.92 bits per heavy atom. The van der Waals surface area contributed by atoms with E-state index in [0.29, 0.717) is 6.54 Å². The Balaban J connectivity index is 1.74. The monoisotopic (exact) mass is 323 g/mol. The van der Waals surface area contributed by atoms with Gasteiger partial charge in [-0.05, 0) is 33.7 Å². The van der Waals surface area contributed by atoms with Crippen LogP contribution in [0.1, 0.15) is 17.2 Å². The summed E-state index contributed by atoms with van der Waals surface area (Å²) in [6, 6.07) is 16.3. The Morgan fingerprint density at radius 1 is 1.17 bits per heavy atom. The smallest absolute Gasteiger partial charge is 0.249 e. The SMILES string of the molecule is COc1ccc(CNC(=O)C(c2ccccc2)n2cnnn2)cc1. The maximum Gasteiger partial charge on any atom is 0.249 e. The Bertz CT molecular complexity index is 773. The van der Waals surface area contributed by atoms with Crippen molar-refractivity contribution in [3.8, 4) is 5.75 Å². The summed E-state index contributed by atoms with van der Waals surface area (Å²) in [6.07, 6.45) is 1.44. The molecule has 0 aliphatic rings. The number of methoxy groups -OCH3 is 1. The molecule has 0 aliphatic carbocycles. The molecule has 0 bridgehead atoms. The molecule has 0 aliphatic heterocycles. The van der Waals surface area contributed by atoms with E-state index in [9.17, 15) is 4.79 Å². The molecule has 1 atom stereocenters. The zero-order chi connectivity index (χ0) is 16.8. The Morgan fingerprint density at radius 3 is 2.54 bits per heavy atom. The molecule has 24 heavy (non-hydrogen) atoms. The fourth-order valence-electron chi connectivity index (χ4n) is 2.38. The van der Waals surface area contributed by atoms with Crippen LogP contribution in [0, 0.1) is 0 Å². The van der Waals surface area contributed by atoms with E-state index in [-0.39, 0.29) is 5.91 Å². The number of ether oxygens (including phenoxy) is 1.